The highest BCUT2D eigenvalue weighted by Crippen LogP contribution is 2.33. The van der Waals surface area contributed by atoms with Crippen molar-refractivity contribution in [3.63, 3.8) is 0 Å². The summed E-state index contributed by atoms with van der Waals surface area (Å²) in [5, 5.41) is 1.17. The van der Waals surface area contributed by atoms with Crippen LogP contribution in [0.15, 0.2) is 18.2 Å². The van der Waals surface area contributed by atoms with Crippen LogP contribution in [-0.4, -0.2) is 30.4 Å². The molecule has 0 aromatic heterocycles. The van der Waals surface area contributed by atoms with Crippen LogP contribution in [-0.2, 0) is 4.79 Å². The van der Waals surface area contributed by atoms with Gasteiger partial charge in [-0.15, -0.1) is 0 Å². The van der Waals surface area contributed by atoms with Crippen LogP contribution in [0, 0.1) is 0 Å². The molecule has 0 bridgehead atoms. The number of hydrogen-bond acceptors (Lipinski definition) is 2. The molecule has 116 valence electrons. The molecule has 1 unspecified atom stereocenters. The molecule has 1 saturated heterocycles. The molecular formula is C16H22Cl2N2O. The Morgan fingerprint density at radius 2 is 1.71 bits per heavy atom. The Morgan fingerprint density at radius 1 is 1.14 bits per heavy atom. The average molecular weight is 329 g/mol. The Labute approximate surface area is 136 Å². The first-order valence-electron chi connectivity index (χ1n) is 7.55. The lowest BCUT2D eigenvalue weighted by Crippen LogP contribution is -2.34. The molecule has 3 nitrogen and oxygen atoms in total. The van der Waals surface area contributed by atoms with Crippen LogP contribution in [0.3, 0.4) is 0 Å². The summed E-state index contributed by atoms with van der Waals surface area (Å²) in [6, 6.07) is 5.39. The second kappa shape index (κ2) is 8.02. The number of rotatable bonds is 4. The van der Waals surface area contributed by atoms with E-state index in [1.165, 1.54) is 12.8 Å². The van der Waals surface area contributed by atoms with E-state index in [-0.39, 0.29) is 11.8 Å². The fourth-order valence-electron chi connectivity index (χ4n) is 2.86. The van der Waals surface area contributed by atoms with Gasteiger partial charge in [0, 0.05) is 35.5 Å². The predicted octanol–water partition coefficient (Wildman–Crippen LogP) is 3.83. The van der Waals surface area contributed by atoms with Gasteiger partial charge in [0.15, 0.2) is 0 Å². The lowest BCUT2D eigenvalue weighted by molar-refractivity contribution is -0.131. The van der Waals surface area contributed by atoms with Gasteiger partial charge in [-0.1, -0.05) is 42.1 Å². The van der Waals surface area contributed by atoms with E-state index < -0.39 is 0 Å². The minimum Gasteiger partial charge on any atom is -0.343 e. The zero-order valence-electron chi connectivity index (χ0n) is 12.2. The quantitative estimate of drug-likeness (QED) is 0.912. The van der Waals surface area contributed by atoms with Gasteiger partial charge < -0.3 is 10.6 Å². The molecule has 1 aliphatic heterocycles. The summed E-state index contributed by atoms with van der Waals surface area (Å²) in [7, 11) is 0. The summed E-state index contributed by atoms with van der Waals surface area (Å²) in [4.78, 5) is 14.5. The fourth-order valence-corrected chi connectivity index (χ4v) is 3.57. The number of hydrogen-bond donors (Lipinski definition) is 1. The Morgan fingerprint density at radius 3 is 2.24 bits per heavy atom. The van der Waals surface area contributed by atoms with E-state index in [2.05, 4.69) is 0 Å². The summed E-state index contributed by atoms with van der Waals surface area (Å²) in [6.07, 6.45) is 4.97. The summed E-state index contributed by atoms with van der Waals surface area (Å²) < 4.78 is 0. The number of nitrogens with two attached hydrogens (primary N) is 1. The Hall–Kier alpha value is -0.770. The van der Waals surface area contributed by atoms with Crippen molar-refractivity contribution in [2.75, 3.05) is 19.6 Å². The molecule has 0 spiro atoms. The van der Waals surface area contributed by atoms with E-state index in [0.717, 1.165) is 31.5 Å². The molecule has 2 rings (SSSR count). The number of amides is 1. The summed E-state index contributed by atoms with van der Waals surface area (Å²) in [5.74, 6) is 0.0327. The van der Waals surface area contributed by atoms with E-state index in [0.29, 0.717) is 23.0 Å². The zero-order chi connectivity index (χ0) is 15.2. The molecule has 0 radical (unpaired) electrons. The third kappa shape index (κ3) is 4.35. The number of benzene rings is 1. The number of likely N-dealkylation sites (tertiary alicyclic amines) is 1. The van der Waals surface area contributed by atoms with Crippen molar-refractivity contribution in [3.05, 3.63) is 33.8 Å². The Balaban J connectivity index is 2.09. The van der Waals surface area contributed by atoms with Crippen molar-refractivity contribution in [2.45, 2.75) is 38.0 Å². The van der Waals surface area contributed by atoms with Crippen LogP contribution >= 0.6 is 23.2 Å². The van der Waals surface area contributed by atoms with Crippen molar-refractivity contribution in [1.82, 2.24) is 4.90 Å². The van der Waals surface area contributed by atoms with Gasteiger partial charge >= 0.3 is 0 Å². The zero-order valence-corrected chi connectivity index (χ0v) is 13.7. The van der Waals surface area contributed by atoms with Gasteiger partial charge in [-0.05, 0) is 37.1 Å². The molecule has 1 aromatic carbocycles. The van der Waals surface area contributed by atoms with Gasteiger partial charge in [0.1, 0.15) is 0 Å². The summed E-state index contributed by atoms with van der Waals surface area (Å²) in [6.45, 7) is 2.07. The van der Waals surface area contributed by atoms with Crippen molar-refractivity contribution in [3.8, 4) is 0 Å². The molecule has 1 aliphatic rings. The normalized spacial score (nSPS) is 17.4. The van der Waals surface area contributed by atoms with Gasteiger partial charge in [-0.25, -0.2) is 0 Å². The maximum absolute atomic E-state index is 12.5. The van der Waals surface area contributed by atoms with Crippen LogP contribution < -0.4 is 5.73 Å². The first-order chi connectivity index (χ1) is 10.1. The SMILES string of the molecule is NCC(CC(=O)N1CCCCCC1)c1c(Cl)cccc1Cl. The first-order valence-corrected chi connectivity index (χ1v) is 8.31. The van der Waals surface area contributed by atoms with Crippen molar-refractivity contribution in [1.29, 1.82) is 0 Å². The summed E-state index contributed by atoms with van der Waals surface area (Å²) >= 11 is 12.5. The molecule has 0 saturated carbocycles. The molecule has 0 aliphatic carbocycles. The molecule has 21 heavy (non-hydrogen) atoms. The number of carbonyl (C=O) groups excluding carboxylic acids is 1. The van der Waals surface area contributed by atoms with Gasteiger partial charge in [0.25, 0.3) is 0 Å². The standard InChI is InChI=1S/C16H22Cl2N2O/c17-13-6-5-7-14(18)16(13)12(11-19)10-15(21)20-8-3-1-2-4-9-20/h5-7,12H,1-4,8-11,19H2. The lowest BCUT2D eigenvalue weighted by Gasteiger charge is -2.24. The van der Waals surface area contributed by atoms with Crippen LogP contribution in [0.1, 0.15) is 43.6 Å². The topological polar surface area (TPSA) is 46.3 Å². The van der Waals surface area contributed by atoms with E-state index >= 15 is 0 Å². The highest BCUT2D eigenvalue weighted by Gasteiger charge is 2.23. The van der Waals surface area contributed by atoms with E-state index in [4.69, 9.17) is 28.9 Å². The second-order valence-electron chi connectivity index (χ2n) is 5.57. The van der Waals surface area contributed by atoms with Crippen LogP contribution in [0.25, 0.3) is 0 Å². The van der Waals surface area contributed by atoms with E-state index in [1.54, 1.807) is 18.2 Å². The van der Waals surface area contributed by atoms with Gasteiger partial charge in [0.05, 0.1) is 0 Å². The fraction of sp³-hybridized carbons (Fsp3) is 0.562. The van der Waals surface area contributed by atoms with Crippen molar-refractivity contribution in [2.24, 2.45) is 5.73 Å². The van der Waals surface area contributed by atoms with Gasteiger partial charge in [-0.2, -0.15) is 0 Å². The van der Waals surface area contributed by atoms with Crippen LogP contribution in [0.5, 0.6) is 0 Å². The molecular weight excluding hydrogens is 307 g/mol. The maximum Gasteiger partial charge on any atom is 0.223 e. The minimum atomic E-state index is -0.123. The smallest absolute Gasteiger partial charge is 0.223 e. The first kappa shape index (κ1) is 16.6. The van der Waals surface area contributed by atoms with Crippen LogP contribution in [0.4, 0.5) is 0 Å². The molecule has 1 fully saturated rings. The number of nitrogens with zero attached hydrogens (tertiary/aromatic N) is 1. The molecule has 1 heterocycles. The van der Waals surface area contributed by atoms with Crippen LogP contribution in [0.2, 0.25) is 10.0 Å². The monoisotopic (exact) mass is 328 g/mol. The third-order valence-corrected chi connectivity index (χ3v) is 4.73. The summed E-state index contributed by atoms with van der Waals surface area (Å²) in [5.41, 5.74) is 6.66. The third-order valence-electron chi connectivity index (χ3n) is 4.07. The van der Waals surface area contributed by atoms with Gasteiger partial charge in [-0.3, -0.25) is 4.79 Å². The predicted molar refractivity (Wildman–Crippen MR) is 87.9 cm³/mol. The number of halogens is 2. The van der Waals surface area contributed by atoms with Gasteiger partial charge in [0.2, 0.25) is 5.91 Å². The molecule has 1 atom stereocenters. The highest BCUT2D eigenvalue weighted by atomic mass is 35.5. The lowest BCUT2D eigenvalue weighted by atomic mass is 9.95. The molecule has 1 amide bonds. The second-order valence-corrected chi connectivity index (χ2v) is 6.38. The van der Waals surface area contributed by atoms with E-state index in [1.807, 2.05) is 4.90 Å². The number of carbonyl (C=O) groups is 1. The Bertz CT molecular complexity index is 465. The minimum absolute atomic E-state index is 0.123. The molecule has 2 N–H and O–H groups in total. The average Bonchev–Trinajstić information content (AvgIpc) is 2.74. The van der Waals surface area contributed by atoms with E-state index in [9.17, 15) is 4.79 Å². The van der Waals surface area contributed by atoms with Crippen molar-refractivity contribution >= 4 is 29.1 Å². The largest absolute Gasteiger partial charge is 0.343 e. The van der Waals surface area contributed by atoms with Crippen molar-refractivity contribution < 1.29 is 4.79 Å². The maximum atomic E-state index is 12.5. The molecule has 1 aromatic rings. The highest BCUT2D eigenvalue weighted by molar-refractivity contribution is 6.36. The Kier molecular flexibility index (Phi) is 6.34. The molecule has 5 heteroatoms.